The number of hydrogen-bond acceptors (Lipinski definition) is 0. The summed E-state index contributed by atoms with van der Waals surface area (Å²) in [6.07, 6.45) is 9.34. The summed E-state index contributed by atoms with van der Waals surface area (Å²) in [5.74, 6) is 2.40. The summed E-state index contributed by atoms with van der Waals surface area (Å²) in [7, 11) is 0. The second-order valence-electron chi connectivity index (χ2n) is 19.8. The maximum Gasteiger partial charge on any atom is 0.0714 e. The van der Waals surface area contributed by atoms with Crippen molar-refractivity contribution >= 4 is 31.9 Å². The molecule has 0 fully saturated rings. The lowest BCUT2D eigenvalue weighted by Crippen LogP contribution is -2.33. The molecule has 314 valence electrons. The van der Waals surface area contributed by atoms with Gasteiger partial charge in [0.05, 0.1) is 5.41 Å². The van der Waals surface area contributed by atoms with Crippen LogP contribution in [0, 0.1) is 23.7 Å². The van der Waals surface area contributed by atoms with Crippen molar-refractivity contribution in [3.05, 3.63) is 175 Å². The Hall–Kier alpha value is -3.72. The van der Waals surface area contributed by atoms with Crippen molar-refractivity contribution in [2.24, 2.45) is 23.7 Å². The van der Waals surface area contributed by atoms with E-state index >= 15 is 0 Å². The molecule has 0 heterocycles. The van der Waals surface area contributed by atoms with Gasteiger partial charge >= 0.3 is 0 Å². The molecule has 0 amide bonds. The van der Waals surface area contributed by atoms with Gasteiger partial charge in [-0.3, -0.25) is 0 Å². The molecule has 3 aliphatic carbocycles. The van der Waals surface area contributed by atoms with Crippen LogP contribution in [-0.4, -0.2) is 0 Å². The number of halogens is 2. The number of rotatable bonds is 14. The van der Waals surface area contributed by atoms with Crippen LogP contribution in [-0.2, 0) is 16.2 Å². The van der Waals surface area contributed by atoms with E-state index in [4.69, 9.17) is 0 Å². The number of fused-ring (bicyclic) bond motifs is 9. The normalized spacial score (nSPS) is 20.8. The predicted octanol–water partition coefficient (Wildman–Crippen LogP) is 17.9. The molecule has 3 aliphatic rings. The molecular formula is C59H64Br2. The third-order valence-corrected chi connectivity index (χ3v) is 17.0. The molecule has 6 aromatic carbocycles. The highest BCUT2D eigenvalue weighted by Gasteiger charge is 2.51. The van der Waals surface area contributed by atoms with Gasteiger partial charge in [-0.15, -0.1) is 0 Å². The minimum Gasteiger partial charge on any atom is -0.0651 e. The summed E-state index contributed by atoms with van der Waals surface area (Å²) in [4.78, 5) is 0. The predicted molar refractivity (Wildman–Crippen MR) is 268 cm³/mol. The molecule has 4 unspecified atom stereocenters. The molecule has 0 spiro atoms. The minimum absolute atomic E-state index is 0.0614. The quantitative estimate of drug-likeness (QED) is 0.102. The number of benzene rings is 6. The van der Waals surface area contributed by atoms with Gasteiger partial charge in [0.25, 0.3) is 0 Å². The van der Waals surface area contributed by atoms with E-state index in [0.29, 0.717) is 23.7 Å². The first-order valence-corrected chi connectivity index (χ1v) is 25.1. The highest BCUT2D eigenvalue weighted by Crippen LogP contribution is 2.63. The third kappa shape index (κ3) is 6.62. The minimum atomic E-state index is -0.553. The van der Waals surface area contributed by atoms with E-state index in [2.05, 4.69) is 209 Å². The number of hydrogen-bond donors (Lipinski definition) is 0. The summed E-state index contributed by atoms with van der Waals surface area (Å²) in [5, 5.41) is 0. The second kappa shape index (κ2) is 16.4. The molecular weight excluding hydrogens is 868 g/mol. The van der Waals surface area contributed by atoms with Gasteiger partial charge in [0.15, 0.2) is 0 Å². The zero-order valence-corrected chi connectivity index (χ0v) is 40.9. The van der Waals surface area contributed by atoms with Gasteiger partial charge in [0.2, 0.25) is 0 Å². The molecule has 61 heavy (non-hydrogen) atoms. The Morgan fingerprint density at radius 1 is 0.361 bits per heavy atom. The van der Waals surface area contributed by atoms with Crippen molar-refractivity contribution in [2.45, 2.75) is 123 Å². The first-order valence-electron chi connectivity index (χ1n) is 23.6. The fourth-order valence-electron chi connectivity index (χ4n) is 12.4. The first kappa shape index (κ1) is 42.6. The Kier molecular flexibility index (Phi) is 11.5. The average Bonchev–Trinajstić information content (AvgIpc) is 3.81. The fraction of sp³-hybridized carbons (Fsp3) is 0.390. The van der Waals surface area contributed by atoms with E-state index in [0.717, 1.165) is 34.6 Å². The summed E-state index contributed by atoms with van der Waals surface area (Å²) in [6, 6.07) is 48.5. The topological polar surface area (TPSA) is 0 Å². The van der Waals surface area contributed by atoms with Crippen molar-refractivity contribution in [1.82, 2.24) is 0 Å². The molecule has 0 nitrogen and oxygen atoms in total. The van der Waals surface area contributed by atoms with Crippen molar-refractivity contribution in [3.63, 3.8) is 0 Å². The molecule has 9 rings (SSSR count). The SMILES string of the molecule is CCC(C)CC1(CC(C)CC)c2ccccc2-c2ccc(C3(c4ccc5c(c4)C(CC(C)CC)(CC(C)CC)c4ccccc4-5)c4cc(Br)ccc4-c4ccc(Br)cc43)cc21. The highest BCUT2D eigenvalue weighted by molar-refractivity contribution is 9.10. The lowest BCUT2D eigenvalue weighted by atomic mass is 9.62. The summed E-state index contributed by atoms with van der Waals surface area (Å²) in [5.41, 5.74) is 19.3. The lowest BCUT2D eigenvalue weighted by molar-refractivity contribution is 0.308. The van der Waals surface area contributed by atoms with E-state index in [-0.39, 0.29) is 10.8 Å². The molecule has 0 bridgehead atoms. The smallest absolute Gasteiger partial charge is 0.0651 e. The second-order valence-corrected chi connectivity index (χ2v) is 21.6. The summed E-state index contributed by atoms with van der Waals surface area (Å²) in [6.45, 7) is 19.5. The van der Waals surface area contributed by atoms with Gasteiger partial charge in [0, 0.05) is 19.8 Å². The molecule has 6 aromatic rings. The van der Waals surface area contributed by atoms with Gasteiger partial charge < -0.3 is 0 Å². The highest BCUT2D eigenvalue weighted by atomic mass is 79.9. The molecule has 2 heteroatoms. The molecule has 0 radical (unpaired) electrons. The zero-order chi connectivity index (χ0) is 42.8. The maximum atomic E-state index is 4.03. The first-order chi connectivity index (χ1) is 29.4. The monoisotopic (exact) mass is 930 g/mol. The van der Waals surface area contributed by atoms with Crippen LogP contribution in [0.2, 0.25) is 0 Å². The van der Waals surface area contributed by atoms with E-state index < -0.39 is 5.41 Å². The molecule has 0 N–H and O–H groups in total. The zero-order valence-electron chi connectivity index (χ0n) is 37.8. The fourth-order valence-corrected chi connectivity index (χ4v) is 13.2. The summed E-state index contributed by atoms with van der Waals surface area (Å²) < 4.78 is 2.24. The maximum absolute atomic E-state index is 4.03. The van der Waals surface area contributed by atoms with E-state index in [9.17, 15) is 0 Å². The van der Waals surface area contributed by atoms with Crippen LogP contribution in [0.5, 0.6) is 0 Å². The molecule has 4 atom stereocenters. The third-order valence-electron chi connectivity index (χ3n) is 16.0. The van der Waals surface area contributed by atoms with Gasteiger partial charge in [-0.25, -0.2) is 0 Å². The van der Waals surface area contributed by atoms with Crippen molar-refractivity contribution in [1.29, 1.82) is 0 Å². The van der Waals surface area contributed by atoms with Crippen LogP contribution < -0.4 is 0 Å². The largest absolute Gasteiger partial charge is 0.0714 e. The molecule has 0 aromatic heterocycles. The van der Waals surface area contributed by atoms with Crippen LogP contribution in [0.15, 0.2) is 130 Å². The van der Waals surface area contributed by atoms with Crippen LogP contribution >= 0.6 is 31.9 Å². The van der Waals surface area contributed by atoms with Crippen LogP contribution in [0.25, 0.3) is 33.4 Å². The van der Waals surface area contributed by atoms with Crippen LogP contribution in [0.3, 0.4) is 0 Å². The lowest BCUT2D eigenvalue weighted by Gasteiger charge is -2.40. The van der Waals surface area contributed by atoms with Gasteiger partial charge in [-0.1, -0.05) is 210 Å². The van der Waals surface area contributed by atoms with Crippen LogP contribution in [0.1, 0.15) is 151 Å². The van der Waals surface area contributed by atoms with Crippen molar-refractivity contribution in [3.8, 4) is 33.4 Å². The summed E-state index contributed by atoms with van der Waals surface area (Å²) >= 11 is 8.05. The average molecular weight is 933 g/mol. The van der Waals surface area contributed by atoms with Crippen LogP contribution in [0.4, 0.5) is 0 Å². The standard InChI is InChI=1S/C59H64Br2/c1-9-37(5)33-57(34-38(6)10-2)51-19-15-13-17-45(51)47-25-21-41(29-53(47)57)59(55-31-43(60)23-27-49(55)50-28-24-44(61)32-56(50)59)42-22-26-48-46-18-14-16-20-52(46)58(54(48)30-42,35-39(7)11-3)36-40(8)12-4/h13-32,37-40H,9-12,33-36H2,1-8H3. The van der Waals surface area contributed by atoms with E-state index in [1.807, 2.05) is 0 Å². The van der Waals surface area contributed by atoms with Crippen molar-refractivity contribution in [2.75, 3.05) is 0 Å². The van der Waals surface area contributed by atoms with E-state index in [1.54, 1.807) is 0 Å². The van der Waals surface area contributed by atoms with E-state index in [1.165, 1.54) is 104 Å². The molecule has 0 saturated carbocycles. The Bertz CT molecular complexity index is 2400. The molecule has 0 aliphatic heterocycles. The Labute approximate surface area is 384 Å². The molecule has 0 saturated heterocycles. The van der Waals surface area contributed by atoms with Crippen molar-refractivity contribution < 1.29 is 0 Å². The Balaban J connectivity index is 1.39. The van der Waals surface area contributed by atoms with Gasteiger partial charge in [0.1, 0.15) is 0 Å². The van der Waals surface area contributed by atoms with Gasteiger partial charge in [-0.2, -0.15) is 0 Å². The van der Waals surface area contributed by atoms with Gasteiger partial charge in [-0.05, 0) is 152 Å². The Morgan fingerprint density at radius 3 is 1.03 bits per heavy atom. The Morgan fingerprint density at radius 2 is 0.672 bits per heavy atom.